The number of anilines is 1. The van der Waals surface area contributed by atoms with Crippen LogP contribution in [0.3, 0.4) is 0 Å². The molecule has 2 aromatic rings. The lowest BCUT2D eigenvalue weighted by molar-refractivity contribution is -0.444. The Bertz CT molecular complexity index is 647. The molecule has 0 saturated carbocycles. The molecular weight excluding hydrogens is 380 g/mol. The minimum Gasteiger partial charge on any atom is -0.410 e. The highest BCUT2D eigenvalue weighted by molar-refractivity contribution is 9.10. The Kier molecular flexibility index (Phi) is 6.61. The van der Waals surface area contributed by atoms with Gasteiger partial charge in [0.05, 0.1) is 5.75 Å². The molecule has 23 heavy (non-hydrogen) atoms. The Morgan fingerprint density at radius 2 is 2.09 bits per heavy atom. The zero-order chi connectivity index (χ0) is 16.8. The number of thioether (sulfide) groups is 1. The van der Waals surface area contributed by atoms with Crippen LogP contribution in [0.25, 0.3) is 0 Å². The van der Waals surface area contributed by atoms with E-state index in [9.17, 15) is 4.79 Å². The van der Waals surface area contributed by atoms with E-state index in [1.54, 1.807) is 0 Å². The maximum absolute atomic E-state index is 11.9. The zero-order valence-electron chi connectivity index (χ0n) is 13.1. The second kappa shape index (κ2) is 8.47. The van der Waals surface area contributed by atoms with Gasteiger partial charge in [0.1, 0.15) is 0 Å². The van der Waals surface area contributed by atoms with Crippen molar-refractivity contribution >= 4 is 39.3 Å². The number of quaternary nitrogens is 1. The molecule has 8 heteroatoms. The third-order valence-electron chi connectivity index (χ3n) is 3.52. The third-order valence-corrected chi connectivity index (χ3v) is 4.87. The molecule has 6 nitrogen and oxygen atoms in total. The van der Waals surface area contributed by atoms with Crippen LogP contribution in [0, 0.1) is 5.92 Å². The van der Waals surface area contributed by atoms with E-state index in [2.05, 4.69) is 51.0 Å². The van der Waals surface area contributed by atoms with Gasteiger partial charge < -0.3 is 15.5 Å². The van der Waals surface area contributed by atoms with Gasteiger partial charge in [0.25, 0.3) is 11.1 Å². The number of carbonyl (C=O) groups excluding carboxylic acids is 1. The fourth-order valence-electron chi connectivity index (χ4n) is 1.81. The first-order valence-corrected chi connectivity index (χ1v) is 9.12. The number of nitrogens with zero attached hydrogens (tertiary/aromatic N) is 2. The third kappa shape index (κ3) is 5.33. The Morgan fingerprint density at radius 1 is 1.39 bits per heavy atom. The summed E-state index contributed by atoms with van der Waals surface area (Å²) in [6, 6.07) is 7.37. The maximum atomic E-state index is 11.9. The summed E-state index contributed by atoms with van der Waals surface area (Å²) in [4.78, 5) is 11.9. The topological polar surface area (TPSA) is 95.7 Å². The zero-order valence-corrected chi connectivity index (χ0v) is 15.5. The quantitative estimate of drug-likeness (QED) is 0.697. The molecule has 0 bridgehead atoms. The highest BCUT2D eigenvalue weighted by Crippen LogP contribution is 2.23. The minimum atomic E-state index is -0.120. The van der Waals surface area contributed by atoms with Crippen molar-refractivity contribution in [2.75, 3.05) is 11.1 Å². The average Bonchev–Trinajstić information content (AvgIpc) is 3.02. The number of aromatic nitrogens is 2. The smallest absolute Gasteiger partial charge is 0.277 e. The second-order valence-electron chi connectivity index (χ2n) is 5.24. The highest BCUT2D eigenvalue weighted by Gasteiger charge is 2.23. The Labute approximate surface area is 147 Å². The summed E-state index contributed by atoms with van der Waals surface area (Å²) in [7, 11) is 0. The van der Waals surface area contributed by atoms with Crippen molar-refractivity contribution in [3.05, 3.63) is 34.6 Å². The predicted molar refractivity (Wildman–Crippen MR) is 92.9 cm³/mol. The van der Waals surface area contributed by atoms with Gasteiger partial charge in [-0.05, 0) is 30.7 Å². The van der Waals surface area contributed by atoms with Gasteiger partial charge in [0, 0.05) is 16.1 Å². The van der Waals surface area contributed by atoms with Crippen molar-refractivity contribution in [3.8, 4) is 0 Å². The number of benzene rings is 1. The lowest BCUT2D eigenvalue weighted by Crippen LogP contribution is -2.56. The van der Waals surface area contributed by atoms with Gasteiger partial charge >= 0.3 is 0 Å². The molecule has 1 heterocycles. The first-order chi connectivity index (χ1) is 11.0. The molecule has 124 valence electrons. The molecule has 0 fully saturated rings. The van der Waals surface area contributed by atoms with Crippen molar-refractivity contribution in [1.82, 2.24) is 10.2 Å². The molecule has 0 unspecified atom stereocenters. The minimum absolute atomic E-state index is 0.0292. The molecule has 1 aromatic heterocycles. The summed E-state index contributed by atoms with van der Waals surface area (Å²) >= 11 is 4.57. The Hall–Kier alpha value is -1.38. The van der Waals surface area contributed by atoms with Crippen molar-refractivity contribution in [1.29, 1.82) is 0 Å². The summed E-state index contributed by atoms with van der Waals surface area (Å²) in [5.41, 5.74) is 4.81. The summed E-state index contributed by atoms with van der Waals surface area (Å²) < 4.78 is 6.54. The van der Waals surface area contributed by atoms with E-state index in [0.29, 0.717) is 17.0 Å². The summed E-state index contributed by atoms with van der Waals surface area (Å²) in [5.74, 6) is 0.984. The number of halogens is 1. The van der Waals surface area contributed by atoms with E-state index in [1.165, 1.54) is 11.8 Å². The Morgan fingerprint density at radius 3 is 2.74 bits per heavy atom. The molecule has 0 aliphatic carbocycles. The number of rotatable bonds is 7. The van der Waals surface area contributed by atoms with Gasteiger partial charge in [0.2, 0.25) is 5.91 Å². The molecule has 4 N–H and O–H groups in total. The highest BCUT2D eigenvalue weighted by atomic mass is 79.9. The van der Waals surface area contributed by atoms with Gasteiger partial charge in [-0.3, -0.25) is 4.79 Å². The molecule has 0 radical (unpaired) electrons. The molecule has 2 atom stereocenters. The number of amides is 1. The van der Waals surface area contributed by atoms with Gasteiger partial charge in [-0.2, -0.15) is 0 Å². The molecule has 0 saturated heterocycles. The summed E-state index contributed by atoms with van der Waals surface area (Å²) in [6.45, 7) is 4.20. The van der Waals surface area contributed by atoms with Gasteiger partial charge in [0.15, 0.2) is 6.04 Å². The van der Waals surface area contributed by atoms with Crippen molar-refractivity contribution < 1.29 is 14.9 Å². The van der Waals surface area contributed by atoms with Crippen LogP contribution in [0.15, 0.2) is 38.4 Å². The largest absolute Gasteiger partial charge is 0.410 e. The SMILES string of the molecule is CC[C@@H](C)[C@H]([NH3+])c1nnc(SCC(=O)Nc2ccc(Br)cc2)o1. The molecule has 1 aromatic carbocycles. The monoisotopic (exact) mass is 399 g/mol. The van der Waals surface area contributed by atoms with E-state index >= 15 is 0 Å². The van der Waals surface area contributed by atoms with E-state index in [-0.39, 0.29) is 17.7 Å². The van der Waals surface area contributed by atoms with Crippen LogP contribution in [-0.2, 0) is 4.79 Å². The van der Waals surface area contributed by atoms with Crippen LogP contribution in [0.1, 0.15) is 32.2 Å². The lowest BCUT2D eigenvalue weighted by Gasteiger charge is -2.09. The van der Waals surface area contributed by atoms with Gasteiger partial charge in [-0.25, -0.2) is 0 Å². The van der Waals surface area contributed by atoms with Crippen LogP contribution < -0.4 is 11.1 Å². The Balaban J connectivity index is 1.85. The van der Waals surface area contributed by atoms with E-state index < -0.39 is 0 Å². The first kappa shape index (κ1) is 18.0. The second-order valence-corrected chi connectivity index (χ2v) is 7.08. The first-order valence-electron chi connectivity index (χ1n) is 7.34. The van der Waals surface area contributed by atoms with Crippen molar-refractivity contribution in [2.24, 2.45) is 5.92 Å². The molecular formula is C15H20BrN4O2S+. The fourth-order valence-corrected chi connectivity index (χ4v) is 2.65. The molecule has 0 aliphatic heterocycles. The summed E-state index contributed by atoms with van der Waals surface area (Å²) in [6.07, 6.45) is 0.995. The lowest BCUT2D eigenvalue weighted by atomic mass is 10.0. The normalized spacial score (nSPS) is 13.6. The van der Waals surface area contributed by atoms with Crippen LogP contribution in [0.5, 0.6) is 0 Å². The molecule has 1 amide bonds. The molecule has 2 rings (SSSR count). The standard InChI is InChI=1S/C15H19BrN4O2S/c1-3-9(2)13(17)14-19-20-15(22-14)23-8-12(21)18-11-6-4-10(16)5-7-11/h4-7,9,13H,3,8,17H2,1-2H3,(H,18,21)/p+1/t9-,13+/m1/s1. The maximum Gasteiger partial charge on any atom is 0.277 e. The van der Waals surface area contributed by atoms with Crippen LogP contribution in [0.4, 0.5) is 5.69 Å². The number of hydrogen-bond donors (Lipinski definition) is 2. The van der Waals surface area contributed by atoms with Crippen LogP contribution in [-0.4, -0.2) is 21.9 Å². The predicted octanol–water partition coefficient (Wildman–Crippen LogP) is 2.89. The van der Waals surface area contributed by atoms with E-state index in [0.717, 1.165) is 16.6 Å². The van der Waals surface area contributed by atoms with Crippen molar-refractivity contribution in [3.63, 3.8) is 0 Å². The fraction of sp³-hybridized carbons (Fsp3) is 0.400. The molecule has 0 aliphatic rings. The number of carbonyl (C=O) groups is 1. The van der Waals surface area contributed by atoms with E-state index in [4.69, 9.17) is 4.42 Å². The van der Waals surface area contributed by atoms with Crippen LogP contribution in [0.2, 0.25) is 0 Å². The summed E-state index contributed by atoms with van der Waals surface area (Å²) in [5, 5.41) is 11.2. The number of hydrogen-bond acceptors (Lipinski definition) is 5. The van der Waals surface area contributed by atoms with Gasteiger partial charge in [-0.15, -0.1) is 10.2 Å². The van der Waals surface area contributed by atoms with E-state index in [1.807, 2.05) is 24.3 Å². The van der Waals surface area contributed by atoms with Crippen LogP contribution >= 0.6 is 27.7 Å². The van der Waals surface area contributed by atoms with Gasteiger partial charge in [-0.1, -0.05) is 41.5 Å². The number of nitrogens with one attached hydrogen (secondary N) is 1. The molecule has 0 spiro atoms. The average molecular weight is 400 g/mol. The van der Waals surface area contributed by atoms with Crippen molar-refractivity contribution in [2.45, 2.75) is 31.5 Å².